The van der Waals surface area contributed by atoms with Crippen LogP contribution in [0.3, 0.4) is 0 Å². The molecule has 1 aromatic rings. The minimum Gasteiger partial charge on any atom is -0.389 e. The van der Waals surface area contributed by atoms with Crippen LogP contribution >= 0.6 is 0 Å². The number of aliphatic hydroxyl groups excluding tert-OH is 1. The number of benzene rings is 1. The highest BCUT2D eigenvalue weighted by atomic mass is 16.3. The van der Waals surface area contributed by atoms with Crippen LogP contribution in [0.5, 0.6) is 0 Å². The van der Waals surface area contributed by atoms with E-state index >= 15 is 0 Å². The standard InChI is InChI=1S/C16H22N2O/c1-3-14-6-4-5-9-18(14)16-10-13(11-17)7-8-15(16)12(2)19/h7-8,10,12,14,19H,3-6,9H2,1-2H3/t12-,14?/m0/s1. The number of nitriles is 1. The predicted octanol–water partition coefficient (Wildman–Crippen LogP) is 3.38. The molecule has 1 aliphatic heterocycles. The molecule has 102 valence electrons. The third-order valence-electron chi connectivity index (χ3n) is 4.02. The summed E-state index contributed by atoms with van der Waals surface area (Å²) >= 11 is 0. The Labute approximate surface area is 115 Å². The van der Waals surface area contributed by atoms with Crippen molar-refractivity contribution in [2.75, 3.05) is 11.4 Å². The normalized spacial score (nSPS) is 20.9. The molecule has 1 aliphatic rings. The first kappa shape index (κ1) is 13.9. The van der Waals surface area contributed by atoms with Crippen LogP contribution in [-0.2, 0) is 0 Å². The van der Waals surface area contributed by atoms with Gasteiger partial charge in [0.25, 0.3) is 0 Å². The molecule has 1 heterocycles. The van der Waals surface area contributed by atoms with Gasteiger partial charge in [-0.25, -0.2) is 0 Å². The van der Waals surface area contributed by atoms with E-state index in [1.165, 1.54) is 19.3 Å². The highest BCUT2D eigenvalue weighted by Crippen LogP contribution is 2.33. The molecule has 3 heteroatoms. The molecule has 2 rings (SSSR count). The topological polar surface area (TPSA) is 47.3 Å². The second-order valence-electron chi connectivity index (χ2n) is 5.31. The summed E-state index contributed by atoms with van der Waals surface area (Å²) in [4.78, 5) is 2.38. The van der Waals surface area contributed by atoms with Crippen molar-refractivity contribution in [3.05, 3.63) is 29.3 Å². The smallest absolute Gasteiger partial charge is 0.0992 e. The summed E-state index contributed by atoms with van der Waals surface area (Å²) in [5, 5.41) is 19.0. The molecular weight excluding hydrogens is 236 g/mol. The van der Waals surface area contributed by atoms with E-state index in [0.717, 1.165) is 24.2 Å². The Hall–Kier alpha value is -1.53. The van der Waals surface area contributed by atoms with E-state index < -0.39 is 6.10 Å². The van der Waals surface area contributed by atoms with Crippen LogP contribution in [-0.4, -0.2) is 17.7 Å². The fourth-order valence-corrected chi connectivity index (χ4v) is 2.96. The first-order valence-corrected chi connectivity index (χ1v) is 7.16. The zero-order chi connectivity index (χ0) is 13.8. The second-order valence-corrected chi connectivity index (χ2v) is 5.31. The monoisotopic (exact) mass is 258 g/mol. The molecule has 1 N–H and O–H groups in total. The number of hydrogen-bond donors (Lipinski definition) is 1. The van der Waals surface area contributed by atoms with E-state index in [-0.39, 0.29) is 0 Å². The van der Waals surface area contributed by atoms with E-state index in [4.69, 9.17) is 5.26 Å². The van der Waals surface area contributed by atoms with E-state index in [9.17, 15) is 5.11 Å². The Bertz CT molecular complexity index is 476. The van der Waals surface area contributed by atoms with Gasteiger partial charge in [0.05, 0.1) is 17.7 Å². The summed E-state index contributed by atoms with van der Waals surface area (Å²) in [7, 11) is 0. The molecule has 2 atom stereocenters. The lowest BCUT2D eigenvalue weighted by Gasteiger charge is -2.38. The van der Waals surface area contributed by atoms with Crippen LogP contribution < -0.4 is 4.90 Å². The van der Waals surface area contributed by atoms with Gasteiger partial charge in [-0.3, -0.25) is 0 Å². The van der Waals surface area contributed by atoms with Crippen molar-refractivity contribution in [2.24, 2.45) is 0 Å². The van der Waals surface area contributed by atoms with Gasteiger partial charge in [0, 0.05) is 23.8 Å². The van der Waals surface area contributed by atoms with Gasteiger partial charge in [0.15, 0.2) is 0 Å². The van der Waals surface area contributed by atoms with E-state index in [2.05, 4.69) is 17.9 Å². The minimum absolute atomic E-state index is 0.498. The van der Waals surface area contributed by atoms with Crippen LogP contribution in [0.15, 0.2) is 18.2 Å². The van der Waals surface area contributed by atoms with Crippen LogP contribution in [0.1, 0.15) is 56.8 Å². The number of nitrogens with zero attached hydrogens (tertiary/aromatic N) is 2. The lowest BCUT2D eigenvalue weighted by Crippen LogP contribution is -2.39. The zero-order valence-electron chi connectivity index (χ0n) is 11.8. The molecule has 0 aliphatic carbocycles. The molecule has 1 fully saturated rings. The van der Waals surface area contributed by atoms with Crippen molar-refractivity contribution in [2.45, 2.75) is 51.7 Å². The summed E-state index contributed by atoms with van der Waals surface area (Å²) in [5.41, 5.74) is 2.64. The first-order chi connectivity index (χ1) is 9.17. The Morgan fingerprint density at radius 2 is 2.26 bits per heavy atom. The predicted molar refractivity (Wildman–Crippen MR) is 77.1 cm³/mol. The third-order valence-corrected chi connectivity index (χ3v) is 4.02. The summed E-state index contributed by atoms with van der Waals surface area (Å²) in [6, 6.07) is 8.33. The fraction of sp³-hybridized carbons (Fsp3) is 0.562. The van der Waals surface area contributed by atoms with Crippen LogP contribution in [0.25, 0.3) is 0 Å². The molecule has 1 unspecified atom stereocenters. The average Bonchev–Trinajstić information content (AvgIpc) is 2.46. The van der Waals surface area contributed by atoms with Crippen molar-refractivity contribution in [3.8, 4) is 6.07 Å². The van der Waals surface area contributed by atoms with Crippen LogP contribution in [0, 0.1) is 11.3 Å². The molecule has 0 radical (unpaired) electrons. The van der Waals surface area contributed by atoms with Gasteiger partial charge in [-0.15, -0.1) is 0 Å². The number of piperidine rings is 1. The third kappa shape index (κ3) is 2.90. The van der Waals surface area contributed by atoms with Crippen molar-refractivity contribution < 1.29 is 5.11 Å². The van der Waals surface area contributed by atoms with Crippen LogP contribution in [0.2, 0.25) is 0 Å². The van der Waals surface area contributed by atoms with Crippen molar-refractivity contribution in [3.63, 3.8) is 0 Å². The number of anilines is 1. The number of aliphatic hydroxyl groups is 1. The largest absolute Gasteiger partial charge is 0.389 e. The SMILES string of the molecule is CCC1CCCCN1c1cc(C#N)ccc1[C@H](C)O. The average molecular weight is 258 g/mol. The van der Waals surface area contributed by atoms with E-state index in [1.807, 2.05) is 12.1 Å². The van der Waals surface area contributed by atoms with E-state index in [0.29, 0.717) is 11.6 Å². The quantitative estimate of drug-likeness (QED) is 0.904. The van der Waals surface area contributed by atoms with Gasteiger partial charge in [-0.2, -0.15) is 5.26 Å². The molecule has 1 aromatic carbocycles. The minimum atomic E-state index is -0.498. The molecule has 0 spiro atoms. The Kier molecular flexibility index (Phi) is 4.44. The molecule has 19 heavy (non-hydrogen) atoms. The van der Waals surface area contributed by atoms with Gasteiger partial charge in [-0.05, 0) is 44.7 Å². The summed E-state index contributed by atoms with van der Waals surface area (Å²) < 4.78 is 0. The molecular formula is C16H22N2O. The summed E-state index contributed by atoms with van der Waals surface area (Å²) in [5.74, 6) is 0. The highest BCUT2D eigenvalue weighted by Gasteiger charge is 2.24. The first-order valence-electron chi connectivity index (χ1n) is 7.16. The van der Waals surface area contributed by atoms with E-state index in [1.54, 1.807) is 13.0 Å². The Morgan fingerprint density at radius 3 is 2.89 bits per heavy atom. The Balaban J connectivity index is 2.43. The summed E-state index contributed by atoms with van der Waals surface area (Å²) in [6.07, 6.45) is 4.27. The number of rotatable bonds is 3. The van der Waals surface area contributed by atoms with Gasteiger partial charge < -0.3 is 10.0 Å². The van der Waals surface area contributed by atoms with Crippen LogP contribution in [0.4, 0.5) is 5.69 Å². The maximum absolute atomic E-state index is 9.95. The second kappa shape index (κ2) is 6.08. The highest BCUT2D eigenvalue weighted by molar-refractivity contribution is 5.59. The number of hydrogen-bond acceptors (Lipinski definition) is 3. The molecule has 0 amide bonds. The molecule has 0 saturated carbocycles. The van der Waals surface area contributed by atoms with Crippen molar-refractivity contribution in [1.29, 1.82) is 5.26 Å². The molecule has 3 nitrogen and oxygen atoms in total. The zero-order valence-corrected chi connectivity index (χ0v) is 11.8. The maximum atomic E-state index is 9.95. The summed E-state index contributed by atoms with van der Waals surface area (Å²) in [6.45, 7) is 5.02. The van der Waals surface area contributed by atoms with Crippen molar-refractivity contribution >= 4 is 5.69 Å². The Morgan fingerprint density at radius 1 is 1.47 bits per heavy atom. The van der Waals surface area contributed by atoms with Crippen molar-refractivity contribution in [1.82, 2.24) is 0 Å². The molecule has 1 saturated heterocycles. The lowest BCUT2D eigenvalue weighted by atomic mass is 9.96. The van der Waals surface area contributed by atoms with Gasteiger partial charge in [0.1, 0.15) is 0 Å². The van der Waals surface area contributed by atoms with Gasteiger partial charge >= 0.3 is 0 Å². The lowest BCUT2D eigenvalue weighted by molar-refractivity contribution is 0.199. The van der Waals surface area contributed by atoms with Gasteiger partial charge in [-0.1, -0.05) is 13.0 Å². The van der Waals surface area contributed by atoms with Gasteiger partial charge in [0.2, 0.25) is 0 Å². The fourth-order valence-electron chi connectivity index (χ4n) is 2.96. The molecule has 0 aromatic heterocycles. The maximum Gasteiger partial charge on any atom is 0.0992 e. The molecule has 0 bridgehead atoms.